The van der Waals surface area contributed by atoms with E-state index in [9.17, 15) is 92.3 Å². The molecule has 0 amide bonds. The van der Waals surface area contributed by atoms with Crippen molar-refractivity contribution in [3.05, 3.63) is 124 Å². The van der Waals surface area contributed by atoms with Crippen molar-refractivity contribution >= 4 is 115 Å². The van der Waals surface area contributed by atoms with Crippen molar-refractivity contribution in [2.75, 3.05) is 54.5 Å². The molecule has 6 aromatic rings. The highest BCUT2D eigenvalue weighted by atomic mass is 32.2. The SMILES string of the molecule is CS(=O)(=O)c1cc(C2CCC(F)(F)CO2)ccc1Nc1cc(CC(=O)C2CC2)nc2c1N=C(C(F)F)C2.CS(=O)(=O)c1cc([C@@H]2CCC(F)(F)CO2)ccc1Nc1cc(CC(=O)C2CC2)nc2c1N=C(C(F)F)C2.CS(=O)(=O)c1cc([C@H]2CCC(F)(F)CO2)ccc1Nc1cc(CC(=O)C2CC2)nc2c1N=C(C(F)F)C2. The normalized spacial score (nSPS) is 21.0. The van der Waals surface area contributed by atoms with E-state index in [0.29, 0.717) is 33.8 Å². The number of benzene rings is 3. The lowest BCUT2D eigenvalue weighted by Crippen LogP contribution is -2.31. The standard InChI is InChI=1S/3C25H25F4N3O4S/c3*1-37(34,35)22-8-14(21-6-7-25(28,29)12-36-21)4-5-16(22)31-17-9-15(10-20(33)13-2-3-13)30-18-11-19(24(26)27)32-23(17)18/h3*4-5,8-9,13,21,24H,2-3,6-7,10-12H2,1H3,(H,30,31)/t2*21-;/m10./s1. The van der Waals surface area contributed by atoms with Gasteiger partial charge in [0.15, 0.2) is 29.5 Å². The summed E-state index contributed by atoms with van der Waals surface area (Å²) in [6, 6.07) is 17.9. The van der Waals surface area contributed by atoms with Gasteiger partial charge in [-0.1, -0.05) is 18.2 Å². The van der Waals surface area contributed by atoms with Gasteiger partial charge in [0, 0.05) is 94.3 Å². The van der Waals surface area contributed by atoms with Crippen molar-refractivity contribution < 1.29 is 107 Å². The van der Waals surface area contributed by atoms with Crippen LogP contribution >= 0.6 is 0 Å². The number of alkyl halides is 12. The molecule has 21 nitrogen and oxygen atoms in total. The number of hydrogen-bond donors (Lipinski definition) is 3. The maximum absolute atomic E-state index is 13.5. The molecule has 6 fully saturated rings. The Bertz CT molecular complexity index is 4640. The molecule has 3 saturated carbocycles. The lowest BCUT2D eigenvalue weighted by Gasteiger charge is -2.29. The number of nitrogens with zero attached hydrogens (tertiary/aromatic N) is 6. The molecule has 3 saturated heterocycles. The van der Waals surface area contributed by atoms with Crippen molar-refractivity contribution in [3.63, 3.8) is 0 Å². The molecule has 36 heteroatoms. The number of aliphatic imine (C=N–C) groups is 3. The number of hydrogen-bond acceptors (Lipinski definition) is 21. The number of ether oxygens (including phenoxy) is 3. The van der Waals surface area contributed by atoms with Gasteiger partial charge in [0.1, 0.15) is 54.2 Å². The fourth-order valence-corrected chi connectivity index (χ4v) is 16.3. The number of nitrogens with one attached hydrogen (secondary N) is 3. The van der Waals surface area contributed by atoms with Gasteiger partial charge in [-0.05, 0) is 129 Å². The Morgan fingerprint density at radius 1 is 0.396 bits per heavy atom. The Morgan fingerprint density at radius 3 is 0.856 bits per heavy atom. The summed E-state index contributed by atoms with van der Waals surface area (Å²) >= 11 is 0. The average molecular weight is 1620 g/mol. The second-order valence-electron chi connectivity index (χ2n) is 29.4. The lowest BCUT2D eigenvalue weighted by molar-refractivity contribution is -0.145. The van der Waals surface area contributed by atoms with Crippen molar-refractivity contribution in [3.8, 4) is 0 Å². The summed E-state index contributed by atoms with van der Waals surface area (Å²) in [7, 11) is -11.4. The zero-order chi connectivity index (χ0) is 79.6. The van der Waals surface area contributed by atoms with Gasteiger partial charge in [0.05, 0.1) is 118 Å². The highest BCUT2D eigenvalue weighted by molar-refractivity contribution is 7.91. The largest absolute Gasteiger partial charge is 0.367 e. The van der Waals surface area contributed by atoms with Crippen molar-refractivity contribution in [2.45, 2.75) is 186 Å². The Hall–Kier alpha value is -8.58. The van der Waals surface area contributed by atoms with E-state index in [0.717, 1.165) is 57.3 Å². The van der Waals surface area contributed by atoms with Crippen LogP contribution in [0.1, 0.15) is 146 Å². The third-order valence-electron chi connectivity index (χ3n) is 20.0. The molecule has 3 atom stereocenters. The molecule has 594 valence electrons. The molecule has 9 aliphatic rings. The first-order chi connectivity index (χ1) is 52.2. The van der Waals surface area contributed by atoms with Crippen LogP contribution in [0.25, 0.3) is 0 Å². The van der Waals surface area contributed by atoms with Crippen LogP contribution in [-0.2, 0) is 96.6 Å². The van der Waals surface area contributed by atoms with Gasteiger partial charge in [-0.2, -0.15) is 0 Å². The van der Waals surface area contributed by atoms with E-state index in [4.69, 9.17) is 14.2 Å². The number of carbonyl (C=O) groups is 3. The van der Waals surface area contributed by atoms with Crippen LogP contribution in [0.3, 0.4) is 0 Å². The summed E-state index contributed by atoms with van der Waals surface area (Å²) in [6.45, 7) is -2.24. The minimum absolute atomic E-state index is 0.00863. The molecule has 6 aliphatic heterocycles. The predicted octanol–water partition coefficient (Wildman–Crippen LogP) is 15.4. The molecule has 0 radical (unpaired) electrons. The van der Waals surface area contributed by atoms with Crippen molar-refractivity contribution in [1.29, 1.82) is 0 Å². The molecular formula is C75H75F12N9O12S3. The maximum Gasteiger partial charge on any atom is 0.277 e. The van der Waals surface area contributed by atoms with E-state index in [1.807, 2.05) is 0 Å². The van der Waals surface area contributed by atoms with Gasteiger partial charge < -0.3 is 30.2 Å². The van der Waals surface area contributed by atoms with Crippen LogP contribution in [0.4, 0.5) is 104 Å². The molecule has 9 heterocycles. The fourth-order valence-electron chi connectivity index (χ4n) is 13.7. The highest BCUT2D eigenvalue weighted by Crippen LogP contribution is 2.47. The Labute approximate surface area is 630 Å². The number of Topliss-reactive ketones (excluding diaryl/α,β-unsaturated/α-hetero) is 3. The number of fused-ring (bicyclic) bond motifs is 3. The van der Waals surface area contributed by atoms with Gasteiger partial charge in [-0.15, -0.1) is 0 Å². The molecule has 3 aromatic heterocycles. The number of carbonyl (C=O) groups excluding carboxylic acids is 3. The summed E-state index contributed by atoms with van der Waals surface area (Å²) in [4.78, 5) is 62.1. The number of rotatable bonds is 24. The molecule has 0 spiro atoms. The first-order valence-corrected chi connectivity index (χ1v) is 41.4. The van der Waals surface area contributed by atoms with Gasteiger partial charge in [0.2, 0.25) is 0 Å². The number of ketones is 3. The van der Waals surface area contributed by atoms with Crippen LogP contribution in [0.2, 0.25) is 0 Å². The smallest absolute Gasteiger partial charge is 0.277 e. The number of halogens is 12. The highest BCUT2D eigenvalue weighted by Gasteiger charge is 2.42. The van der Waals surface area contributed by atoms with Crippen molar-refractivity contribution in [2.24, 2.45) is 32.7 Å². The first-order valence-electron chi connectivity index (χ1n) is 35.7. The average Bonchev–Trinajstić information content (AvgIpc) is 1.73. The molecule has 3 N–H and O–H groups in total. The Kier molecular flexibility index (Phi) is 22.8. The number of aromatic nitrogens is 3. The first kappa shape index (κ1) is 80.5. The van der Waals surface area contributed by atoms with E-state index in [1.54, 1.807) is 18.2 Å². The minimum Gasteiger partial charge on any atom is -0.367 e. The summed E-state index contributed by atoms with van der Waals surface area (Å²) < 4.78 is 253. The third kappa shape index (κ3) is 19.7. The van der Waals surface area contributed by atoms with Crippen LogP contribution < -0.4 is 16.0 Å². The van der Waals surface area contributed by atoms with Crippen LogP contribution in [0, 0.1) is 17.8 Å². The van der Waals surface area contributed by atoms with Crippen LogP contribution in [0.15, 0.2) is 102 Å². The van der Waals surface area contributed by atoms with E-state index >= 15 is 0 Å². The quantitative estimate of drug-likeness (QED) is 0.0474. The molecule has 3 aliphatic carbocycles. The fraction of sp³-hybridized carbons (Fsp3) is 0.480. The number of pyridine rings is 3. The topological polar surface area (TPSA) is 293 Å². The van der Waals surface area contributed by atoms with E-state index in [2.05, 4.69) is 45.9 Å². The summed E-state index contributed by atoms with van der Waals surface area (Å²) in [5.41, 5.74) is 3.98. The third-order valence-corrected chi connectivity index (χ3v) is 23.4. The molecular weight excluding hydrogens is 1540 g/mol. The van der Waals surface area contributed by atoms with Gasteiger partial charge in [0.25, 0.3) is 37.0 Å². The molecule has 15 rings (SSSR count). The number of sulfone groups is 3. The zero-order valence-electron chi connectivity index (χ0n) is 59.8. The van der Waals surface area contributed by atoms with E-state index in [-0.39, 0.29) is 212 Å². The van der Waals surface area contributed by atoms with Gasteiger partial charge in [-0.25, -0.2) is 92.9 Å². The minimum atomic E-state index is -3.80. The molecule has 0 bridgehead atoms. The predicted molar refractivity (Wildman–Crippen MR) is 385 cm³/mol. The van der Waals surface area contributed by atoms with Crippen molar-refractivity contribution in [1.82, 2.24) is 15.0 Å². The summed E-state index contributed by atoms with van der Waals surface area (Å²) in [5.74, 6) is -8.73. The maximum atomic E-state index is 13.5. The van der Waals surface area contributed by atoms with Crippen LogP contribution in [0.5, 0.6) is 0 Å². The molecule has 111 heavy (non-hydrogen) atoms. The monoisotopic (exact) mass is 1620 g/mol. The van der Waals surface area contributed by atoms with E-state index in [1.165, 1.54) is 54.6 Å². The van der Waals surface area contributed by atoms with Crippen LogP contribution in [-0.4, -0.2) is 150 Å². The molecule has 1 unspecified atom stereocenters. The second-order valence-corrected chi connectivity index (χ2v) is 35.4. The Morgan fingerprint density at radius 2 is 0.649 bits per heavy atom. The lowest BCUT2D eigenvalue weighted by atomic mass is 9.99. The van der Waals surface area contributed by atoms with Gasteiger partial charge in [-0.3, -0.25) is 29.3 Å². The van der Waals surface area contributed by atoms with E-state index < -0.39 is 105 Å². The number of anilines is 6. The zero-order valence-corrected chi connectivity index (χ0v) is 62.3. The summed E-state index contributed by atoms with van der Waals surface area (Å²) in [6.07, 6.45) is -3.87. The van der Waals surface area contributed by atoms with Gasteiger partial charge >= 0.3 is 0 Å². The summed E-state index contributed by atoms with van der Waals surface area (Å²) in [5, 5.41) is 8.99. The Balaban J connectivity index is 0.000000146. The second kappa shape index (κ2) is 31.4. The molecule has 3 aromatic carbocycles.